The topological polar surface area (TPSA) is 91.4 Å². The maximum Gasteiger partial charge on any atom is 0.338 e. The Morgan fingerprint density at radius 3 is 2.59 bits per heavy atom. The highest BCUT2D eigenvalue weighted by molar-refractivity contribution is 5.95. The first-order chi connectivity index (χ1) is 16.3. The third-order valence-electron chi connectivity index (χ3n) is 6.30. The number of benzene rings is 1. The summed E-state index contributed by atoms with van der Waals surface area (Å²) in [5.74, 6) is -0.461. The van der Waals surface area contributed by atoms with Crippen LogP contribution in [-0.4, -0.2) is 91.7 Å². The lowest BCUT2D eigenvalue weighted by Gasteiger charge is -2.42. The lowest BCUT2D eigenvalue weighted by Crippen LogP contribution is -2.57. The van der Waals surface area contributed by atoms with Crippen molar-refractivity contribution in [1.29, 1.82) is 0 Å². The Kier molecular flexibility index (Phi) is 8.68. The highest BCUT2D eigenvalue weighted by Gasteiger charge is 2.39. The van der Waals surface area contributed by atoms with Gasteiger partial charge in [0.25, 0.3) is 0 Å². The van der Waals surface area contributed by atoms with Crippen LogP contribution in [0.2, 0.25) is 0 Å². The number of amides is 3. The molecule has 0 aliphatic carbocycles. The van der Waals surface area contributed by atoms with Crippen molar-refractivity contribution >= 4 is 17.9 Å². The molecule has 1 aromatic carbocycles. The van der Waals surface area contributed by atoms with Crippen LogP contribution in [-0.2, 0) is 19.1 Å². The number of aryl methyl sites for hydroxylation is 1. The normalized spacial score (nSPS) is 21.5. The maximum atomic E-state index is 13.2. The standard InChI is InChI=1S/C25H36N4O5/c1-6-28-20(15-27-11-12-29(18(4)14-27)21(30)16-33-5)22(24(31)34-7-2)23(26-25(28)32)19-10-8-9-17(3)13-19/h8-10,13,18,23H,6-7,11-12,14-16H2,1-5H3,(H,26,32). The number of esters is 1. The summed E-state index contributed by atoms with van der Waals surface area (Å²) in [6.07, 6.45) is 0. The molecule has 0 bridgehead atoms. The summed E-state index contributed by atoms with van der Waals surface area (Å²) in [5, 5.41) is 3.01. The van der Waals surface area contributed by atoms with Gasteiger partial charge in [0.05, 0.1) is 18.2 Å². The van der Waals surface area contributed by atoms with E-state index in [1.165, 1.54) is 7.11 Å². The monoisotopic (exact) mass is 472 g/mol. The second-order valence-corrected chi connectivity index (χ2v) is 8.73. The number of rotatable bonds is 8. The second kappa shape index (κ2) is 11.5. The Bertz CT molecular complexity index is 947. The first-order valence-electron chi connectivity index (χ1n) is 11.9. The van der Waals surface area contributed by atoms with Gasteiger partial charge < -0.3 is 19.7 Å². The quantitative estimate of drug-likeness (QED) is 0.583. The molecule has 9 nitrogen and oxygen atoms in total. The largest absolute Gasteiger partial charge is 0.463 e. The average molecular weight is 473 g/mol. The zero-order valence-corrected chi connectivity index (χ0v) is 20.8. The summed E-state index contributed by atoms with van der Waals surface area (Å²) < 4.78 is 10.5. The average Bonchev–Trinajstić information content (AvgIpc) is 2.79. The number of nitrogens with one attached hydrogen (secondary N) is 1. The second-order valence-electron chi connectivity index (χ2n) is 8.73. The third-order valence-corrected chi connectivity index (χ3v) is 6.30. The van der Waals surface area contributed by atoms with Crippen molar-refractivity contribution in [3.8, 4) is 0 Å². The minimum atomic E-state index is -0.591. The first-order valence-corrected chi connectivity index (χ1v) is 11.9. The van der Waals surface area contributed by atoms with E-state index < -0.39 is 12.0 Å². The van der Waals surface area contributed by atoms with Gasteiger partial charge in [0, 0.05) is 51.6 Å². The Balaban J connectivity index is 1.96. The van der Waals surface area contributed by atoms with Crippen molar-refractivity contribution < 1.29 is 23.9 Å². The van der Waals surface area contributed by atoms with E-state index in [1.807, 2.05) is 49.9 Å². The van der Waals surface area contributed by atoms with Gasteiger partial charge in [0.2, 0.25) is 5.91 Å². The summed E-state index contributed by atoms with van der Waals surface area (Å²) in [5.41, 5.74) is 2.99. The molecule has 186 valence electrons. The molecule has 1 fully saturated rings. The van der Waals surface area contributed by atoms with Crippen LogP contribution in [0.4, 0.5) is 4.79 Å². The van der Waals surface area contributed by atoms with Crippen LogP contribution in [0, 0.1) is 6.92 Å². The van der Waals surface area contributed by atoms with Gasteiger partial charge in [-0.15, -0.1) is 0 Å². The summed E-state index contributed by atoms with van der Waals surface area (Å²) in [6.45, 7) is 10.6. The van der Waals surface area contributed by atoms with Gasteiger partial charge in [-0.2, -0.15) is 0 Å². The molecule has 0 radical (unpaired) electrons. The summed E-state index contributed by atoms with van der Waals surface area (Å²) in [7, 11) is 1.51. The predicted molar refractivity (Wildman–Crippen MR) is 128 cm³/mol. The molecule has 0 aromatic heterocycles. The first kappa shape index (κ1) is 25.7. The zero-order valence-electron chi connectivity index (χ0n) is 20.8. The number of hydrogen-bond donors (Lipinski definition) is 1. The van der Waals surface area contributed by atoms with Crippen molar-refractivity contribution in [2.24, 2.45) is 0 Å². The molecule has 2 aliphatic rings. The molecule has 34 heavy (non-hydrogen) atoms. The number of likely N-dealkylation sites (N-methyl/N-ethyl adjacent to an activating group) is 1. The van der Waals surface area contributed by atoms with Crippen LogP contribution in [0.5, 0.6) is 0 Å². The number of carbonyl (C=O) groups is 3. The Labute approximate surface area is 201 Å². The smallest absolute Gasteiger partial charge is 0.338 e. The Morgan fingerprint density at radius 1 is 1.21 bits per heavy atom. The Hall–Kier alpha value is -2.91. The minimum absolute atomic E-state index is 0.0110. The molecule has 1 N–H and O–H groups in total. The van der Waals surface area contributed by atoms with Crippen molar-refractivity contribution in [1.82, 2.24) is 20.0 Å². The number of nitrogens with zero attached hydrogens (tertiary/aromatic N) is 3. The molecule has 0 spiro atoms. The van der Waals surface area contributed by atoms with Crippen molar-refractivity contribution in [3.63, 3.8) is 0 Å². The van der Waals surface area contributed by atoms with E-state index in [9.17, 15) is 14.4 Å². The molecule has 2 unspecified atom stereocenters. The lowest BCUT2D eigenvalue weighted by atomic mass is 9.93. The number of methoxy groups -OCH3 is 1. The summed E-state index contributed by atoms with van der Waals surface area (Å²) in [6, 6.07) is 6.95. The SMILES string of the molecule is CCOC(=O)C1=C(CN2CCN(C(=O)COC)C(C)C2)N(CC)C(=O)NC1c1cccc(C)c1. The van der Waals surface area contributed by atoms with Gasteiger partial charge in [-0.25, -0.2) is 9.59 Å². The predicted octanol–water partition coefficient (Wildman–Crippen LogP) is 2.08. The third kappa shape index (κ3) is 5.59. The van der Waals surface area contributed by atoms with Crippen molar-refractivity contribution in [2.75, 3.05) is 53.0 Å². The van der Waals surface area contributed by atoms with Crippen LogP contribution in [0.1, 0.15) is 37.9 Å². The molecule has 2 atom stereocenters. The van der Waals surface area contributed by atoms with E-state index in [2.05, 4.69) is 10.2 Å². The fourth-order valence-corrected chi connectivity index (χ4v) is 4.72. The molecular weight excluding hydrogens is 436 g/mol. The van der Waals surface area contributed by atoms with Crippen molar-refractivity contribution in [2.45, 2.75) is 39.8 Å². The van der Waals surface area contributed by atoms with Gasteiger partial charge in [-0.3, -0.25) is 14.6 Å². The molecule has 2 heterocycles. The van der Waals surface area contributed by atoms with E-state index in [-0.39, 0.29) is 31.2 Å². The van der Waals surface area contributed by atoms with Gasteiger partial charge >= 0.3 is 12.0 Å². The van der Waals surface area contributed by atoms with Crippen LogP contribution in [0.3, 0.4) is 0 Å². The molecule has 0 saturated carbocycles. The van der Waals surface area contributed by atoms with E-state index in [1.54, 1.807) is 11.8 Å². The molecule has 3 rings (SSSR count). The number of carbonyl (C=O) groups excluding carboxylic acids is 3. The highest BCUT2D eigenvalue weighted by atomic mass is 16.5. The number of hydrogen-bond acceptors (Lipinski definition) is 6. The zero-order chi connectivity index (χ0) is 24.8. The van der Waals surface area contributed by atoms with Crippen LogP contribution < -0.4 is 5.32 Å². The summed E-state index contributed by atoms with van der Waals surface area (Å²) >= 11 is 0. The Morgan fingerprint density at radius 2 is 1.97 bits per heavy atom. The molecular formula is C25H36N4O5. The summed E-state index contributed by atoms with van der Waals surface area (Å²) in [4.78, 5) is 44.3. The van der Waals surface area contributed by atoms with Crippen LogP contribution >= 0.6 is 0 Å². The van der Waals surface area contributed by atoms with E-state index in [4.69, 9.17) is 9.47 Å². The molecule has 9 heteroatoms. The molecule has 2 aliphatic heterocycles. The lowest BCUT2D eigenvalue weighted by molar-refractivity contribution is -0.139. The van der Waals surface area contributed by atoms with Crippen LogP contribution in [0.25, 0.3) is 0 Å². The number of piperazine rings is 1. The molecule has 1 saturated heterocycles. The number of ether oxygens (including phenoxy) is 2. The highest BCUT2D eigenvalue weighted by Crippen LogP contribution is 2.32. The van der Waals surface area contributed by atoms with E-state index in [0.717, 1.165) is 11.1 Å². The number of urea groups is 1. The van der Waals surface area contributed by atoms with Gasteiger partial charge in [0.15, 0.2) is 0 Å². The van der Waals surface area contributed by atoms with Gasteiger partial charge in [-0.1, -0.05) is 29.8 Å². The van der Waals surface area contributed by atoms with E-state index in [0.29, 0.717) is 44.0 Å². The van der Waals surface area contributed by atoms with E-state index >= 15 is 0 Å². The fourth-order valence-electron chi connectivity index (χ4n) is 4.72. The van der Waals surface area contributed by atoms with Gasteiger partial charge in [0.1, 0.15) is 6.61 Å². The van der Waals surface area contributed by atoms with Crippen LogP contribution in [0.15, 0.2) is 35.5 Å². The van der Waals surface area contributed by atoms with Gasteiger partial charge in [-0.05, 0) is 33.3 Å². The molecule has 1 aromatic rings. The fraction of sp³-hybridized carbons (Fsp3) is 0.560. The molecule has 3 amide bonds. The van der Waals surface area contributed by atoms with Crippen molar-refractivity contribution in [3.05, 3.63) is 46.7 Å². The minimum Gasteiger partial charge on any atom is -0.463 e. The maximum absolute atomic E-state index is 13.2.